The summed E-state index contributed by atoms with van der Waals surface area (Å²) in [7, 11) is 0. The smallest absolute Gasteiger partial charge is 0.320 e. The number of carbonyl (C=O) groups is 1. The molecule has 5 heteroatoms. The van der Waals surface area contributed by atoms with Crippen molar-refractivity contribution in [1.82, 2.24) is 5.32 Å². The predicted molar refractivity (Wildman–Crippen MR) is 98.8 cm³/mol. The second-order valence-electron chi connectivity index (χ2n) is 6.37. The molecule has 0 atom stereocenters. The van der Waals surface area contributed by atoms with Crippen molar-refractivity contribution in [2.75, 3.05) is 5.32 Å². The fourth-order valence-corrected chi connectivity index (χ4v) is 2.43. The SMILES string of the molecule is CC(C)Oc1ccccc1NC(=O)NC(C)(C)c1ccc(Cl)cc1. The average Bonchev–Trinajstić information content (AvgIpc) is 2.48. The first-order chi connectivity index (χ1) is 11.3. The van der Waals surface area contributed by atoms with E-state index in [0.717, 1.165) is 5.56 Å². The standard InChI is InChI=1S/C19H23ClN2O2/c1-13(2)24-17-8-6-5-7-16(17)21-18(23)22-19(3,4)14-9-11-15(20)12-10-14/h5-13H,1-4H3,(H2,21,22,23). The maximum Gasteiger partial charge on any atom is 0.320 e. The Morgan fingerprint density at radius 1 is 1.08 bits per heavy atom. The van der Waals surface area contributed by atoms with Crippen molar-refractivity contribution in [2.45, 2.75) is 39.3 Å². The molecule has 24 heavy (non-hydrogen) atoms. The highest BCUT2D eigenvalue weighted by Crippen LogP contribution is 2.26. The van der Waals surface area contributed by atoms with Crippen LogP contribution in [-0.2, 0) is 5.54 Å². The zero-order valence-electron chi connectivity index (χ0n) is 14.4. The van der Waals surface area contributed by atoms with Crippen LogP contribution in [0.3, 0.4) is 0 Å². The molecule has 0 aliphatic heterocycles. The lowest BCUT2D eigenvalue weighted by atomic mass is 9.94. The number of urea groups is 1. The van der Waals surface area contributed by atoms with E-state index in [0.29, 0.717) is 16.5 Å². The number of hydrogen-bond acceptors (Lipinski definition) is 2. The van der Waals surface area contributed by atoms with E-state index in [9.17, 15) is 4.79 Å². The Balaban J connectivity index is 2.09. The molecule has 2 aromatic rings. The van der Waals surface area contributed by atoms with Crippen molar-refractivity contribution in [3.05, 3.63) is 59.1 Å². The molecule has 0 fully saturated rings. The second kappa shape index (κ2) is 7.58. The molecule has 0 aliphatic carbocycles. The molecule has 2 N–H and O–H groups in total. The number of hydrogen-bond donors (Lipinski definition) is 2. The van der Waals surface area contributed by atoms with E-state index < -0.39 is 5.54 Å². The minimum atomic E-state index is -0.539. The van der Waals surface area contributed by atoms with Crippen LogP contribution in [0.4, 0.5) is 10.5 Å². The number of carbonyl (C=O) groups excluding carboxylic acids is 1. The lowest BCUT2D eigenvalue weighted by molar-refractivity contribution is 0.238. The minimum Gasteiger partial charge on any atom is -0.489 e. The Hall–Kier alpha value is -2.20. The highest BCUT2D eigenvalue weighted by molar-refractivity contribution is 6.30. The summed E-state index contributed by atoms with van der Waals surface area (Å²) in [4.78, 5) is 12.4. The van der Waals surface area contributed by atoms with Crippen molar-refractivity contribution >= 4 is 23.3 Å². The molecular formula is C19H23ClN2O2. The molecule has 0 unspecified atom stereocenters. The zero-order chi connectivity index (χ0) is 17.7. The van der Waals surface area contributed by atoms with Crippen molar-refractivity contribution in [2.24, 2.45) is 0 Å². The van der Waals surface area contributed by atoms with Gasteiger partial charge in [0.15, 0.2) is 0 Å². The van der Waals surface area contributed by atoms with Crippen LogP contribution in [0, 0.1) is 0 Å². The van der Waals surface area contributed by atoms with Gasteiger partial charge in [-0.3, -0.25) is 0 Å². The maximum atomic E-state index is 12.4. The summed E-state index contributed by atoms with van der Waals surface area (Å²) in [6.45, 7) is 7.76. The molecule has 0 saturated carbocycles. The number of halogens is 1. The van der Waals surface area contributed by atoms with Crippen molar-refractivity contribution in [3.63, 3.8) is 0 Å². The number of benzene rings is 2. The van der Waals surface area contributed by atoms with Crippen LogP contribution in [0.1, 0.15) is 33.3 Å². The predicted octanol–water partition coefficient (Wildman–Crippen LogP) is 5.18. The molecule has 0 radical (unpaired) electrons. The fraction of sp³-hybridized carbons (Fsp3) is 0.316. The monoisotopic (exact) mass is 346 g/mol. The number of ether oxygens (including phenoxy) is 1. The third-order valence-corrected chi connectivity index (χ3v) is 3.74. The summed E-state index contributed by atoms with van der Waals surface area (Å²) >= 11 is 5.92. The molecular weight excluding hydrogens is 324 g/mol. The van der Waals surface area contributed by atoms with Crippen molar-refractivity contribution in [1.29, 1.82) is 0 Å². The van der Waals surface area contributed by atoms with Gasteiger partial charge in [-0.25, -0.2) is 4.79 Å². The quantitative estimate of drug-likeness (QED) is 0.783. The van der Waals surface area contributed by atoms with Gasteiger partial charge in [0, 0.05) is 5.02 Å². The minimum absolute atomic E-state index is 0.0292. The van der Waals surface area contributed by atoms with Gasteiger partial charge in [0.1, 0.15) is 5.75 Å². The summed E-state index contributed by atoms with van der Waals surface area (Å²) in [5.74, 6) is 0.645. The number of amides is 2. The first-order valence-corrected chi connectivity index (χ1v) is 8.26. The van der Waals surface area contributed by atoms with Gasteiger partial charge in [0.25, 0.3) is 0 Å². The van der Waals surface area contributed by atoms with Crippen LogP contribution in [-0.4, -0.2) is 12.1 Å². The topological polar surface area (TPSA) is 50.4 Å². The van der Waals surface area contributed by atoms with Gasteiger partial charge in [-0.15, -0.1) is 0 Å². The van der Waals surface area contributed by atoms with E-state index in [-0.39, 0.29) is 12.1 Å². The Morgan fingerprint density at radius 3 is 2.33 bits per heavy atom. The number of anilines is 1. The second-order valence-corrected chi connectivity index (χ2v) is 6.81. The molecule has 0 aliphatic rings. The van der Waals surface area contributed by atoms with Gasteiger partial charge in [-0.05, 0) is 57.5 Å². The third-order valence-electron chi connectivity index (χ3n) is 3.49. The molecule has 0 aromatic heterocycles. The molecule has 2 amide bonds. The van der Waals surface area contributed by atoms with E-state index >= 15 is 0 Å². The highest BCUT2D eigenvalue weighted by Gasteiger charge is 2.23. The van der Waals surface area contributed by atoms with Gasteiger partial charge in [-0.1, -0.05) is 35.9 Å². The van der Waals surface area contributed by atoms with E-state index in [1.807, 2.05) is 76.2 Å². The molecule has 2 aromatic carbocycles. The first kappa shape index (κ1) is 18.1. The van der Waals surface area contributed by atoms with Gasteiger partial charge in [-0.2, -0.15) is 0 Å². The summed E-state index contributed by atoms with van der Waals surface area (Å²) < 4.78 is 5.72. The zero-order valence-corrected chi connectivity index (χ0v) is 15.1. The molecule has 2 rings (SSSR count). The van der Waals surface area contributed by atoms with Crippen LogP contribution >= 0.6 is 11.6 Å². The molecule has 0 heterocycles. The summed E-state index contributed by atoms with van der Waals surface area (Å²) in [5.41, 5.74) is 1.06. The Labute approximate surface area is 148 Å². The van der Waals surface area contributed by atoms with Crippen LogP contribution in [0.15, 0.2) is 48.5 Å². The van der Waals surface area contributed by atoms with Crippen LogP contribution in [0.5, 0.6) is 5.75 Å². The number of nitrogens with one attached hydrogen (secondary N) is 2. The Morgan fingerprint density at radius 2 is 1.71 bits per heavy atom. The molecule has 0 bridgehead atoms. The van der Waals surface area contributed by atoms with Crippen LogP contribution < -0.4 is 15.4 Å². The summed E-state index contributed by atoms with van der Waals surface area (Å²) in [5, 5.41) is 6.49. The van der Waals surface area contributed by atoms with Crippen LogP contribution in [0.25, 0.3) is 0 Å². The summed E-state index contributed by atoms with van der Waals surface area (Å²) in [6.07, 6.45) is 0.0292. The van der Waals surface area contributed by atoms with E-state index in [4.69, 9.17) is 16.3 Å². The maximum absolute atomic E-state index is 12.4. The molecule has 4 nitrogen and oxygen atoms in total. The molecule has 0 saturated heterocycles. The Bertz CT molecular complexity index is 697. The lowest BCUT2D eigenvalue weighted by Crippen LogP contribution is -2.43. The average molecular weight is 347 g/mol. The fourth-order valence-electron chi connectivity index (χ4n) is 2.30. The van der Waals surface area contributed by atoms with Gasteiger partial charge in [0.2, 0.25) is 0 Å². The largest absolute Gasteiger partial charge is 0.489 e. The van der Waals surface area contributed by atoms with E-state index in [1.54, 1.807) is 0 Å². The van der Waals surface area contributed by atoms with Crippen molar-refractivity contribution in [3.8, 4) is 5.75 Å². The molecule has 128 valence electrons. The lowest BCUT2D eigenvalue weighted by Gasteiger charge is -2.27. The first-order valence-electron chi connectivity index (χ1n) is 7.89. The van der Waals surface area contributed by atoms with E-state index in [1.165, 1.54) is 0 Å². The van der Waals surface area contributed by atoms with Crippen molar-refractivity contribution < 1.29 is 9.53 Å². The van der Waals surface area contributed by atoms with Gasteiger partial charge in [0.05, 0.1) is 17.3 Å². The van der Waals surface area contributed by atoms with Gasteiger partial charge < -0.3 is 15.4 Å². The summed E-state index contributed by atoms with van der Waals surface area (Å²) in [6, 6.07) is 14.5. The number of rotatable bonds is 5. The third kappa shape index (κ3) is 4.90. The normalized spacial score (nSPS) is 11.2. The van der Waals surface area contributed by atoms with Gasteiger partial charge >= 0.3 is 6.03 Å². The number of para-hydroxylation sites is 2. The van der Waals surface area contributed by atoms with Crippen LogP contribution in [0.2, 0.25) is 5.02 Å². The highest BCUT2D eigenvalue weighted by atomic mass is 35.5. The van der Waals surface area contributed by atoms with E-state index in [2.05, 4.69) is 10.6 Å². The Kier molecular flexibility index (Phi) is 5.73. The molecule has 0 spiro atoms.